The second-order valence-corrected chi connectivity index (χ2v) is 5.63. The molecule has 2 unspecified atom stereocenters. The molecule has 0 radical (unpaired) electrons. The van der Waals surface area contributed by atoms with Gasteiger partial charge in [-0.25, -0.2) is 0 Å². The van der Waals surface area contributed by atoms with Crippen molar-refractivity contribution < 1.29 is 0 Å². The number of nitrogens with zero attached hydrogens (tertiary/aromatic N) is 1. The number of thiol groups is 1. The molecular weight excluding hydrogens is 202 g/mol. The predicted octanol–water partition coefficient (Wildman–Crippen LogP) is 3.45. The van der Waals surface area contributed by atoms with Crippen molar-refractivity contribution in [1.29, 1.82) is 0 Å². The molecule has 0 amide bonds. The van der Waals surface area contributed by atoms with Gasteiger partial charge in [0.2, 0.25) is 0 Å². The Kier molecular flexibility index (Phi) is 6.74. The molecule has 90 valence electrons. The maximum atomic E-state index is 4.24. The number of likely N-dealkylation sites (tertiary alicyclic amines) is 1. The van der Waals surface area contributed by atoms with Crippen LogP contribution in [0.15, 0.2) is 0 Å². The highest BCUT2D eigenvalue weighted by molar-refractivity contribution is 7.80. The predicted molar refractivity (Wildman–Crippen MR) is 71.7 cm³/mol. The Labute approximate surface area is 101 Å². The minimum Gasteiger partial charge on any atom is -0.303 e. The number of hydrogen-bond donors (Lipinski definition) is 1. The molecule has 1 fully saturated rings. The maximum Gasteiger partial charge on any atom is 0.000957 e. The van der Waals surface area contributed by atoms with E-state index in [1.807, 2.05) is 0 Å². The Morgan fingerprint density at radius 1 is 1.07 bits per heavy atom. The Bertz CT molecular complexity index is 161. The van der Waals surface area contributed by atoms with E-state index in [1.54, 1.807) is 0 Å². The van der Waals surface area contributed by atoms with Crippen LogP contribution >= 0.6 is 12.6 Å². The van der Waals surface area contributed by atoms with Crippen molar-refractivity contribution in [2.75, 3.05) is 25.4 Å². The molecule has 1 rings (SSSR count). The van der Waals surface area contributed by atoms with Gasteiger partial charge in [0.25, 0.3) is 0 Å². The molecule has 0 aromatic rings. The Balaban J connectivity index is 2.02. The molecule has 0 aliphatic carbocycles. The fraction of sp³-hybridized carbons (Fsp3) is 1.00. The van der Waals surface area contributed by atoms with Gasteiger partial charge in [-0.15, -0.1) is 0 Å². The number of rotatable bonds is 6. The van der Waals surface area contributed by atoms with Crippen molar-refractivity contribution in [3.05, 3.63) is 0 Å². The Morgan fingerprint density at radius 3 is 2.47 bits per heavy atom. The molecule has 0 N–H and O–H groups in total. The van der Waals surface area contributed by atoms with Crippen LogP contribution in [0.3, 0.4) is 0 Å². The summed E-state index contributed by atoms with van der Waals surface area (Å²) in [5.74, 6) is 2.89. The summed E-state index contributed by atoms with van der Waals surface area (Å²) in [6.45, 7) is 8.78. The van der Waals surface area contributed by atoms with Crippen LogP contribution in [0.4, 0.5) is 0 Å². The fourth-order valence-corrected chi connectivity index (χ4v) is 2.58. The zero-order chi connectivity index (χ0) is 11.1. The smallest absolute Gasteiger partial charge is 0.000957 e. The van der Waals surface area contributed by atoms with Gasteiger partial charge in [0.05, 0.1) is 0 Å². The standard InChI is InChI=1S/C13H27NS/c1-12-7-9-14(11-13(12)2)8-5-3-4-6-10-15/h12-13,15H,3-11H2,1-2H3. The van der Waals surface area contributed by atoms with E-state index < -0.39 is 0 Å². The number of piperidine rings is 1. The van der Waals surface area contributed by atoms with Crippen LogP contribution in [0.25, 0.3) is 0 Å². The quantitative estimate of drug-likeness (QED) is 0.539. The lowest BCUT2D eigenvalue weighted by atomic mass is 9.88. The minimum absolute atomic E-state index is 0.899. The van der Waals surface area contributed by atoms with E-state index in [0.29, 0.717) is 0 Å². The summed E-state index contributed by atoms with van der Waals surface area (Å²) in [6, 6.07) is 0. The van der Waals surface area contributed by atoms with Crippen LogP contribution < -0.4 is 0 Å². The molecule has 0 spiro atoms. The molecule has 0 aromatic carbocycles. The first-order valence-electron chi connectivity index (χ1n) is 6.57. The van der Waals surface area contributed by atoms with Crippen LogP contribution in [0.1, 0.15) is 46.0 Å². The lowest BCUT2D eigenvalue weighted by Gasteiger charge is -2.35. The van der Waals surface area contributed by atoms with Crippen LogP contribution in [-0.2, 0) is 0 Å². The number of unbranched alkanes of at least 4 members (excludes halogenated alkanes) is 3. The average molecular weight is 229 g/mol. The van der Waals surface area contributed by atoms with Crippen molar-refractivity contribution >= 4 is 12.6 Å². The Hall–Kier alpha value is 0.310. The molecule has 1 aliphatic rings. The van der Waals surface area contributed by atoms with Gasteiger partial charge >= 0.3 is 0 Å². The molecule has 0 aromatic heterocycles. The summed E-state index contributed by atoms with van der Waals surface area (Å²) in [6.07, 6.45) is 6.83. The molecule has 0 bridgehead atoms. The molecule has 2 heteroatoms. The van der Waals surface area contributed by atoms with Gasteiger partial charge in [-0.2, -0.15) is 12.6 Å². The second kappa shape index (κ2) is 7.56. The van der Waals surface area contributed by atoms with Crippen molar-refractivity contribution in [2.24, 2.45) is 11.8 Å². The monoisotopic (exact) mass is 229 g/mol. The summed E-state index contributed by atoms with van der Waals surface area (Å²) in [4.78, 5) is 2.66. The topological polar surface area (TPSA) is 3.24 Å². The van der Waals surface area contributed by atoms with Gasteiger partial charge in [0.1, 0.15) is 0 Å². The summed E-state index contributed by atoms with van der Waals surface area (Å²) >= 11 is 4.24. The molecule has 2 atom stereocenters. The van der Waals surface area contributed by atoms with Gasteiger partial charge in [-0.3, -0.25) is 0 Å². The molecule has 0 saturated carbocycles. The van der Waals surface area contributed by atoms with Crippen molar-refractivity contribution in [1.82, 2.24) is 4.90 Å². The van der Waals surface area contributed by atoms with Crippen molar-refractivity contribution in [2.45, 2.75) is 46.0 Å². The molecule has 1 nitrogen and oxygen atoms in total. The van der Waals surface area contributed by atoms with Crippen LogP contribution in [-0.4, -0.2) is 30.3 Å². The van der Waals surface area contributed by atoms with Crippen LogP contribution in [0.5, 0.6) is 0 Å². The van der Waals surface area contributed by atoms with Crippen molar-refractivity contribution in [3.63, 3.8) is 0 Å². The molecule has 1 aliphatic heterocycles. The van der Waals surface area contributed by atoms with E-state index in [4.69, 9.17) is 0 Å². The van der Waals surface area contributed by atoms with E-state index in [0.717, 1.165) is 17.6 Å². The van der Waals surface area contributed by atoms with Crippen LogP contribution in [0.2, 0.25) is 0 Å². The highest BCUT2D eigenvalue weighted by atomic mass is 32.1. The van der Waals surface area contributed by atoms with E-state index in [9.17, 15) is 0 Å². The van der Waals surface area contributed by atoms with Gasteiger partial charge in [0.15, 0.2) is 0 Å². The third-order valence-electron chi connectivity index (χ3n) is 3.80. The third-order valence-corrected chi connectivity index (χ3v) is 4.12. The van der Waals surface area contributed by atoms with E-state index in [-0.39, 0.29) is 0 Å². The van der Waals surface area contributed by atoms with Gasteiger partial charge < -0.3 is 4.90 Å². The third kappa shape index (κ3) is 5.26. The normalized spacial score (nSPS) is 28.2. The number of hydrogen-bond acceptors (Lipinski definition) is 2. The highest BCUT2D eigenvalue weighted by Crippen LogP contribution is 2.22. The second-order valence-electron chi connectivity index (χ2n) is 5.18. The van der Waals surface area contributed by atoms with Crippen molar-refractivity contribution in [3.8, 4) is 0 Å². The summed E-state index contributed by atoms with van der Waals surface area (Å²) in [5, 5.41) is 0. The van der Waals surface area contributed by atoms with E-state index >= 15 is 0 Å². The van der Waals surface area contributed by atoms with E-state index in [2.05, 4.69) is 31.4 Å². The zero-order valence-corrected chi connectivity index (χ0v) is 11.3. The first-order valence-corrected chi connectivity index (χ1v) is 7.20. The van der Waals surface area contributed by atoms with Crippen LogP contribution in [0, 0.1) is 11.8 Å². The largest absolute Gasteiger partial charge is 0.303 e. The zero-order valence-electron chi connectivity index (χ0n) is 10.4. The molecule has 15 heavy (non-hydrogen) atoms. The summed E-state index contributed by atoms with van der Waals surface area (Å²) < 4.78 is 0. The first kappa shape index (κ1) is 13.4. The molecule has 1 heterocycles. The lowest BCUT2D eigenvalue weighted by molar-refractivity contribution is 0.136. The molecule has 1 saturated heterocycles. The first-order chi connectivity index (χ1) is 7.24. The van der Waals surface area contributed by atoms with Gasteiger partial charge in [-0.1, -0.05) is 26.7 Å². The maximum absolute atomic E-state index is 4.24. The average Bonchev–Trinajstić information content (AvgIpc) is 2.23. The van der Waals surface area contributed by atoms with E-state index in [1.165, 1.54) is 51.7 Å². The minimum atomic E-state index is 0.899. The van der Waals surface area contributed by atoms with Gasteiger partial charge in [-0.05, 0) is 49.9 Å². The van der Waals surface area contributed by atoms with Gasteiger partial charge in [0, 0.05) is 6.54 Å². The summed E-state index contributed by atoms with van der Waals surface area (Å²) in [7, 11) is 0. The Morgan fingerprint density at radius 2 is 1.80 bits per heavy atom. The lowest BCUT2D eigenvalue weighted by Crippen LogP contribution is -2.38. The highest BCUT2D eigenvalue weighted by Gasteiger charge is 2.21. The molecular formula is C13H27NS. The summed E-state index contributed by atoms with van der Waals surface area (Å²) in [5.41, 5.74) is 0. The SMILES string of the molecule is CC1CCN(CCCCCCS)CC1C. The fourth-order valence-electron chi connectivity index (χ4n) is 2.35.